The number of hydrogen-bond donors (Lipinski definition) is 3. The first-order valence-corrected chi connectivity index (χ1v) is 10.2. The molecule has 0 fully saturated rings. The largest absolute Gasteiger partial charge is 0.326 e. The van der Waals surface area contributed by atoms with Crippen LogP contribution in [0.2, 0.25) is 10.0 Å². The predicted molar refractivity (Wildman–Crippen MR) is 121 cm³/mol. The zero-order chi connectivity index (χ0) is 22.1. The minimum absolute atomic E-state index is 0.148. The molecule has 2 rings (SSSR count). The normalized spacial score (nSPS) is 10.6. The van der Waals surface area contributed by atoms with Crippen molar-refractivity contribution >= 4 is 58.0 Å². The van der Waals surface area contributed by atoms with Gasteiger partial charge in [-0.2, -0.15) is 0 Å². The van der Waals surface area contributed by atoms with E-state index in [4.69, 9.17) is 23.2 Å². The smallest absolute Gasteiger partial charge is 0.238 e. The molecule has 0 atom stereocenters. The van der Waals surface area contributed by atoms with Crippen LogP contribution in [0.3, 0.4) is 0 Å². The first-order chi connectivity index (χ1) is 14.3. The highest BCUT2D eigenvalue weighted by Crippen LogP contribution is 2.25. The molecule has 0 aromatic heterocycles. The Bertz CT molecular complexity index is 904. The van der Waals surface area contributed by atoms with Gasteiger partial charge in [-0.25, -0.2) is 0 Å². The van der Waals surface area contributed by atoms with Crippen molar-refractivity contribution in [2.24, 2.45) is 0 Å². The average Bonchev–Trinajstić information content (AvgIpc) is 2.69. The molecule has 0 aliphatic rings. The number of nitrogens with zero attached hydrogens (tertiary/aromatic N) is 1. The van der Waals surface area contributed by atoms with E-state index in [9.17, 15) is 14.4 Å². The van der Waals surface area contributed by atoms with Gasteiger partial charge in [0.15, 0.2) is 0 Å². The molecule has 160 valence electrons. The lowest BCUT2D eigenvalue weighted by Gasteiger charge is -2.19. The molecule has 0 saturated heterocycles. The lowest BCUT2D eigenvalue weighted by molar-refractivity contribution is -0.119. The summed E-state index contributed by atoms with van der Waals surface area (Å²) < 4.78 is 0. The fraction of sp³-hybridized carbons (Fsp3) is 0.286. The number of benzene rings is 2. The molecule has 0 heterocycles. The summed E-state index contributed by atoms with van der Waals surface area (Å²) in [6.07, 6.45) is 0.204. The summed E-state index contributed by atoms with van der Waals surface area (Å²) in [5, 5.41) is 9.08. The third-order valence-electron chi connectivity index (χ3n) is 4.16. The molecule has 0 aliphatic heterocycles. The maximum Gasteiger partial charge on any atom is 0.238 e. The maximum atomic E-state index is 12.3. The zero-order valence-electron chi connectivity index (χ0n) is 16.8. The molecule has 0 spiro atoms. The van der Waals surface area contributed by atoms with E-state index in [0.29, 0.717) is 40.2 Å². The van der Waals surface area contributed by atoms with Gasteiger partial charge in [0, 0.05) is 36.3 Å². The molecule has 2 aromatic carbocycles. The van der Waals surface area contributed by atoms with Gasteiger partial charge in [0.25, 0.3) is 0 Å². The van der Waals surface area contributed by atoms with E-state index < -0.39 is 0 Å². The van der Waals surface area contributed by atoms with Gasteiger partial charge in [0.2, 0.25) is 17.7 Å². The van der Waals surface area contributed by atoms with Gasteiger partial charge >= 0.3 is 0 Å². The third kappa shape index (κ3) is 8.02. The van der Waals surface area contributed by atoms with Crippen LogP contribution >= 0.6 is 23.2 Å². The van der Waals surface area contributed by atoms with Crippen molar-refractivity contribution in [3.63, 3.8) is 0 Å². The first-order valence-electron chi connectivity index (χ1n) is 9.41. The monoisotopic (exact) mass is 450 g/mol. The van der Waals surface area contributed by atoms with Crippen LogP contribution in [0, 0.1) is 0 Å². The number of likely N-dealkylation sites (N-methyl/N-ethyl adjacent to an activating group) is 1. The van der Waals surface area contributed by atoms with Crippen molar-refractivity contribution in [2.45, 2.75) is 20.3 Å². The topological polar surface area (TPSA) is 90.5 Å². The second-order valence-electron chi connectivity index (χ2n) is 6.60. The number of carbonyl (C=O) groups is 3. The molecule has 9 heteroatoms. The molecular weight excluding hydrogens is 427 g/mol. The molecule has 0 bridgehead atoms. The Morgan fingerprint density at radius 1 is 0.900 bits per heavy atom. The van der Waals surface area contributed by atoms with E-state index in [0.717, 1.165) is 0 Å². The van der Waals surface area contributed by atoms with Crippen LogP contribution in [0.25, 0.3) is 0 Å². The van der Waals surface area contributed by atoms with Crippen LogP contribution in [0.1, 0.15) is 20.3 Å². The molecule has 0 saturated carbocycles. The second kappa shape index (κ2) is 11.5. The number of anilines is 3. The van der Waals surface area contributed by atoms with Crippen molar-refractivity contribution in [2.75, 3.05) is 35.6 Å². The van der Waals surface area contributed by atoms with E-state index in [1.165, 1.54) is 6.92 Å². The SMILES string of the molecule is CCN(CCC(=O)Nc1cc(Cl)ccc1Cl)CC(=O)Nc1ccc(NC(C)=O)cc1. The Morgan fingerprint density at radius 2 is 1.53 bits per heavy atom. The minimum atomic E-state index is -0.216. The summed E-state index contributed by atoms with van der Waals surface area (Å²) in [4.78, 5) is 37.4. The van der Waals surface area contributed by atoms with E-state index in [1.54, 1.807) is 42.5 Å². The van der Waals surface area contributed by atoms with Crippen molar-refractivity contribution in [1.82, 2.24) is 4.90 Å². The van der Waals surface area contributed by atoms with E-state index in [-0.39, 0.29) is 30.7 Å². The van der Waals surface area contributed by atoms with Gasteiger partial charge in [0.05, 0.1) is 17.3 Å². The standard InChI is InChI=1S/C21H24Cl2N4O3/c1-3-27(11-10-20(29)26-19-12-15(22)4-9-18(19)23)13-21(30)25-17-7-5-16(6-8-17)24-14(2)28/h4-9,12H,3,10-11,13H2,1-2H3,(H,24,28)(H,25,30)(H,26,29). The highest BCUT2D eigenvalue weighted by Gasteiger charge is 2.13. The summed E-state index contributed by atoms with van der Waals surface area (Å²) in [7, 11) is 0. The fourth-order valence-corrected chi connectivity index (χ4v) is 3.00. The number of hydrogen-bond acceptors (Lipinski definition) is 4. The molecular formula is C21H24Cl2N4O3. The van der Waals surface area contributed by atoms with Crippen LogP contribution in [-0.4, -0.2) is 42.3 Å². The lowest BCUT2D eigenvalue weighted by Crippen LogP contribution is -2.35. The van der Waals surface area contributed by atoms with Crippen molar-refractivity contribution in [1.29, 1.82) is 0 Å². The van der Waals surface area contributed by atoms with Crippen molar-refractivity contribution < 1.29 is 14.4 Å². The quantitative estimate of drug-likeness (QED) is 0.532. The Hall–Kier alpha value is -2.61. The molecule has 0 aliphatic carbocycles. The Balaban J connectivity index is 1.81. The van der Waals surface area contributed by atoms with Gasteiger partial charge in [-0.15, -0.1) is 0 Å². The minimum Gasteiger partial charge on any atom is -0.326 e. The number of halogens is 2. The first kappa shape index (κ1) is 23.7. The highest BCUT2D eigenvalue weighted by molar-refractivity contribution is 6.35. The highest BCUT2D eigenvalue weighted by atomic mass is 35.5. The fourth-order valence-electron chi connectivity index (χ4n) is 2.66. The molecule has 0 unspecified atom stereocenters. The van der Waals surface area contributed by atoms with Crippen LogP contribution in [0.15, 0.2) is 42.5 Å². The molecule has 0 radical (unpaired) electrons. The van der Waals surface area contributed by atoms with Crippen LogP contribution in [-0.2, 0) is 14.4 Å². The Labute approximate surface area is 185 Å². The molecule has 3 N–H and O–H groups in total. The van der Waals surface area contributed by atoms with Gasteiger partial charge in [-0.05, 0) is 49.0 Å². The number of amides is 3. The molecule has 30 heavy (non-hydrogen) atoms. The molecule has 2 aromatic rings. The summed E-state index contributed by atoms with van der Waals surface area (Å²) in [6, 6.07) is 11.7. The van der Waals surface area contributed by atoms with Gasteiger partial charge in [-0.3, -0.25) is 19.3 Å². The summed E-state index contributed by atoms with van der Waals surface area (Å²) in [6.45, 7) is 4.52. The van der Waals surface area contributed by atoms with Crippen molar-refractivity contribution in [3.8, 4) is 0 Å². The number of rotatable bonds is 9. The molecule has 3 amide bonds. The zero-order valence-corrected chi connectivity index (χ0v) is 18.3. The van der Waals surface area contributed by atoms with Crippen molar-refractivity contribution in [3.05, 3.63) is 52.5 Å². The van der Waals surface area contributed by atoms with Gasteiger partial charge in [0.1, 0.15) is 0 Å². The summed E-state index contributed by atoms with van der Waals surface area (Å²) in [5.74, 6) is -0.568. The summed E-state index contributed by atoms with van der Waals surface area (Å²) in [5.41, 5.74) is 1.73. The third-order valence-corrected chi connectivity index (χ3v) is 4.73. The maximum absolute atomic E-state index is 12.3. The summed E-state index contributed by atoms with van der Waals surface area (Å²) >= 11 is 12.0. The lowest BCUT2D eigenvalue weighted by atomic mass is 10.2. The van der Waals surface area contributed by atoms with Crippen LogP contribution in [0.5, 0.6) is 0 Å². The number of nitrogens with one attached hydrogen (secondary N) is 3. The predicted octanol–water partition coefficient (Wildman–Crippen LogP) is 4.24. The van der Waals surface area contributed by atoms with Gasteiger partial charge < -0.3 is 16.0 Å². The average molecular weight is 451 g/mol. The van der Waals surface area contributed by atoms with E-state index in [1.807, 2.05) is 11.8 Å². The second-order valence-corrected chi connectivity index (χ2v) is 7.44. The number of carbonyl (C=O) groups excluding carboxylic acids is 3. The van der Waals surface area contributed by atoms with E-state index in [2.05, 4.69) is 16.0 Å². The molecule has 7 nitrogen and oxygen atoms in total. The Kier molecular flexibility index (Phi) is 9.11. The van der Waals surface area contributed by atoms with Gasteiger partial charge in [-0.1, -0.05) is 30.1 Å². The van der Waals surface area contributed by atoms with E-state index >= 15 is 0 Å². The Morgan fingerprint density at radius 3 is 2.13 bits per heavy atom. The van der Waals surface area contributed by atoms with Crippen LogP contribution in [0.4, 0.5) is 17.1 Å². The van der Waals surface area contributed by atoms with Crippen LogP contribution < -0.4 is 16.0 Å².